The third-order valence-electron chi connectivity index (χ3n) is 6.24. The average Bonchev–Trinajstić information content (AvgIpc) is 3.53. The second kappa shape index (κ2) is 9.97. The first-order valence-corrected chi connectivity index (χ1v) is 13.8. The molecule has 0 saturated heterocycles. The number of benzene rings is 3. The van der Waals surface area contributed by atoms with Crippen LogP contribution in [0.2, 0.25) is 0 Å². The predicted molar refractivity (Wildman–Crippen MR) is 137 cm³/mol. The summed E-state index contributed by atoms with van der Waals surface area (Å²) in [5.74, 6) is -1.38. The minimum atomic E-state index is -4.54. The first-order chi connectivity index (χ1) is 18.0. The van der Waals surface area contributed by atoms with Crippen molar-refractivity contribution in [3.8, 4) is 11.1 Å². The van der Waals surface area contributed by atoms with Gasteiger partial charge >= 0.3 is 6.18 Å². The Labute approximate surface area is 220 Å². The fraction of sp³-hybridized carbons (Fsp3) is 0.148. The number of fused-ring (bicyclic) bond motifs is 1. The fourth-order valence-electron chi connectivity index (χ4n) is 4.50. The van der Waals surface area contributed by atoms with Crippen LogP contribution in [-0.2, 0) is 29.0 Å². The summed E-state index contributed by atoms with van der Waals surface area (Å²) in [7, 11) is -3.63. The SMILES string of the molecule is O=C(Nc1ccc2c(c1)CC(NS(=O)(=O)c1cccs1)C2)c1cccc(F)c1-c1ccc(C(F)(F)F)cc1. The Morgan fingerprint density at radius 1 is 0.921 bits per heavy atom. The number of thiophene rings is 1. The first kappa shape index (κ1) is 26.1. The summed E-state index contributed by atoms with van der Waals surface area (Å²) in [4.78, 5) is 13.1. The van der Waals surface area contributed by atoms with Crippen molar-refractivity contribution in [3.05, 3.63) is 106 Å². The van der Waals surface area contributed by atoms with Gasteiger partial charge in [-0.15, -0.1) is 11.3 Å². The molecule has 3 aromatic carbocycles. The van der Waals surface area contributed by atoms with E-state index in [4.69, 9.17) is 0 Å². The van der Waals surface area contributed by atoms with Crippen molar-refractivity contribution in [2.24, 2.45) is 0 Å². The molecule has 1 aliphatic carbocycles. The molecule has 5 nitrogen and oxygen atoms in total. The minimum Gasteiger partial charge on any atom is -0.322 e. The maximum Gasteiger partial charge on any atom is 0.416 e. The Bertz CT molecular complexity index is 1600. The van der Waals surface area contributed by atoms with Crippen LogP contribution in [0.25, 0.3) is 11.1 Å². The van der Waals surface area contributed by atoms with E-state index < -0.39 is 33.5 Å². The summed E-state index contributed by atoms with van der Waals surface area (Å²) >= 11 is 1.13. The number of anilines is 1. The number of carbonyl (C=O) groups is 1. The van der Waals surface area contributed by atoms with E-state index in [1.807, 2.05) is 0 Å². The lowest BCUT2D eigenvalue weighted by atomic mass is 9.97. The van der Waals surface area contributed by atoms with Gasteiger partial charge in [-0.05, 0) is 77.4 Å². The molecule has 1 unspecified atom stereocenters. The largest absolute Gasteiger partial charge is 0.416 e. The van der Waals surface area contributed by atoms with Crippen molar-refractivity contribution in [1.82, 2.24) is 4.72 Å². The number of carbonyl (C=O) groups excluding carboxylic acids is 1. The second-order valence-electron chi connectivity index (χ2n) is 8.83. The zero-order chi connectivity index (χ0) is 27.1. The molecule has 0 fully saturated rings. The van der Waals surface area contributed by atoms with Crippen LogP contribution in [0.15, 0.2) is 82.4 Å². The van der Waals surface area contributed by atoms with Gasteiger partial charge in [-0.3, -0.25) is 4.79 Å². The predicted octanol–water partition coefficient (Wildman–Crippen LogP) is 6.27. The molecule has 11 heteroatoms. The highest BCUT2D eigenvalue weighted by molar-refractivity contribution is 7.91. The third kappa shape index (κ3) is 5.35. The van der Waals surface area contributed by atoms with Crippen LogP contribution in [0.5, 0.6) is 0 Å². The molecule has 1 aromatic heterocycles. The molecule has 0 spiro atoms. The molecule has 196 valence electrons. The zero-order valence-electron chi connectivity index (χ0n) is 19.6. The van der Waals surface area contributed by atoms with Crippen LogP contribution >= 0.6 is 11.3 Å². The molecule has 38 heavy (non-hydrogen) atoms. The highest BCUT2D eigenvalue weighted by atomic mass is 32.2. The summed E-state index contributed by atoms with van der Waals surface area (Å²) in [6.07, 6.45) is -3.61. The molecule has 0 saturated carbocycles. The fourth-order valence-corrected chi connectivity index (χ4v) is 6.75. The second-order valence-corrected chi connectivity index (χ2v) is 11.7. The van der Waals surface area contributed by atoms with Crippen LogP contribution in [0.1, 0.15) is 27.0 Å². The van der Waals surface area contributed by atoms with E-state index in [1.54, 1.807) is 29.6 Å². The highest BCUT2D eigenvalue weighted by Crippen LogP contribution is 2.33. The lowest BCUT2D eigenvalue weighted by molar-refractivity contribution is -0.137. The van der Waals surface area contributed by atoms with Crippen LogP contribution in [0, 0.1) is 5.82 Å². The lowest BCUT2D eigenvalue weighted by Crippen LogP contribution is -2.34. The number of hydrogen-bond donors (Lipinski definition) is 2. The molecule has 4 aromatic rings. The smallest absolute Gasteiger partial charge is 0.322 e. The van der Waals surface area contributed by atoms with Crippen LogP contribution in [0.4, 0.5) is 23.2 Å². The van der Waals surface area contributed by atoms with Crippen molar-refractivity contribution < 1.29 is 30.8 Å². The zero-order valence-corrected chi connectivity index (χ0v) is 21.2. The highest BCUT2D eigenvalue weighted by Gasteiger charge is 2.31. The van der Waals surface area contributed by atoms with E-state index in [1.165, 1.54) is 18.2 Å². The van der Waals surface area contributed by atoms with Gasteiger partial charge in [-0.2, -0.15) is 13.2 Å². The van der Waals surface area contributed by atoms with E-state index in [-0.39, 0.29) is 26.9 Å². The van der Waals surface area contributed by atoms with Crippen molar-refractivity contribution in [3.63, 3.8) is 0 Å². The van der Waals surface area contributed by atoms with Gasteiger partial charge in [0.1, 0.15) is 10.0 Å². The molecule has 1 amide bonds. The number of hydrogen-bond acceptors (Lipinski definition) is 4. The van der Waals surface area contributed by atoms with Crippen LogP contribution in [0.3, 0.4) is 0 Å². The van der Waals surface area contributed by atoms with E-state index in [9.17, 15) is 30.8 Å². The Kier molecular flexibility index (Phi) is 6.84. The van der Waals surface area contributed by atoms with E-state index >= 15 is 0 Å². The van der Waals surface area contributed by atoms with Crippen molar-refractivity contribution in [2.45, 2.75) is 29.3 Å². The van der Waals surface area contributed by atoms with Crippen molar-refractivity contribution in [1.29, 1.82) is 0 Å². The van der Waals surface area contributed by atoms with Gasteiger partial charge < -0.3 is 5.32 Å². The molecule has 1 aliphatic rings. The lowest BCUT2D eigenvalue weighted by Gasteiger charge is -2.13. The standard InChI is InChI=1S/C27H20F4N2O3S2/c28-23-4-1-3-22(25(23)16-6-9-19(10-7-16)27(29,30)31)26(34)32-20-11-8-17-13-21(15-18(17)14-20)33-38(35,36)24-5-2-12-37-24/h1-12,14,21,33H,13,15H2,(H,32,34). The summed E-state index contributed by atoms with van der Waals surface area (Å²) in [5.41, 5.74) is 1.35. The number of nitrogens with one attached hydrogen (secondary N) is 2. The average molecular weight is 561 g/mol. The maximum absolute atomic E-state index is 14.8. The van der Waals surface area contributed by atoms with E-state index in [0.29, 0.717) is 18.5 Å². The molecule has 0 bridgehead atoms. The summed E-state index contributed by atoms with van der Waals surface area (Å²) < 4.78 is 81.7. The number of sulfonamides is 1. The third-order valence-corrected chi connectivity index (χ3v) is 9.16. The van der Waals surface area contributed by atoms with E-state index in [0.717, 1.165) is 52.8 Å². The normalized spacial score (nSPS) is 15.3. The molecule has 2 N–H and O–H groups in total. The van der Waals surface area contributed by atoms with Gasteiger partial charge in [0.05, 0.1) is 11.1 Å². The number of amides is 1. The monoisotopic (exact) mass is 560 g/mol. The quantitative estimate of drug-likeness (QED) is 0.273. The summed E-state index contributed by atoms with van der Waals surface area (Å²) in [5, 5.41) is 4.41. The van der Waals surface area contributed by atoms with Crippen molar-refractivity contribution in [2.75, 3.05) is 5.32 Å². The molecular weight excluding hydrogens is 540 g/mol. The Hall–Kier alpha value is -3.54. The van der Waals surface area contributed by atoms with Crippen molar-refractivity contribution >= 4 is 33.0 Å². The molecule has 0 aliphatic heterocycles. The first-order valence-electron chi connectivity index (χ1n) is 11.5. The van der Waals surface area contributed by atoms with Gasteiger partial charge in [-0.1, -0.05) is 30.3 Å². The topological polar surface area (TPSA) is 75.3 Å². The van der Waals surface area contributed by atoms with Gasteiger partial charge in [0.25, 0.3) is 5.91 Å². The number of rotatable bonds is 6. The Morgan fingerprint density at radius 3 is 2.34 bits per heavy atom. The van der Waals surface area contributed by atoms with Crippen LogP contribution in [-0.4, -0.2) is 20.4 Å². The van der Waals surface area contributed by atoms with E-state index in [2.05, 4.69) is 10.0 Å². The summed E-state index contributed by atoms with van der Waals surface area (Å²) in [6.45, 7) is 0. The molecular formula is C27H20F4N2O3S2. The Balaban J connectivity index is 1.34. The van der Waals surface area contributed by atoms with Gasteiger partial charge in [-0.25, -0.2) is 17.5 Å². The maximum atomic E-state index is 14.8. The Morgan fingerprint density at radius 2 is 1.66 bits per heavy atom. The molecule has 5 rings (SSSR count). The van der Waals surface area contributed by atoms with Crippen LogP contribution < -0.4 is 10.0 Å². The van der Waals surface area contributed by atoms with Gasteiger partial charge in [0, 0.05) is 17.3 Å². The number of alkyl halides is 3. The summed E-state index contributed by atoms with van der Waals surface area (Å²) in [6, 6.07) is 15.9. The molecule has 1 atom stereocenters. The number of halogens is 4. The van der Waals surface area contributed by atoms with Gasteiger partial charge in [0.15, 0.2) is 0 Å². The van der Waals surface area contributed by atoms with Gasteiger partial charge in [0.2, 0.25) is 10.0 Å². The molecule has 1 heterocycles. The minimum absolute atomic E-state index is 0.0353. The molecule has 0 radical (unpaired) electrons.